The zero-order valence-corrected chi connectivity index (χ0v) is 18.2. The van der Waals surface area contributed by atoms with Gasteiger partial charge in [-0.3, -0.25) is 14.2 Å². The summed E-state index contributed by atoms with van der Waals surface area (Å²) in [5.74, 6) is 1.39. The van der Waals surface area contributed by atoms with Crippen LogP contribution in [0.1, 0.15) is 53.0 Å². The number of hydrogen-bond acceptors (Lipinski definition) is 4. The van der Waals surface area contributed by atoms with Gasteiger partial charge in [0.05, 0.1) is 16.7 Å². The Kier molecular flexibility index (Phi) is 6.81. The Balaban J connectivity index is 2.02. The van der Waals surface area contributed by atoms with Gasteiger partial charge < -0.3 is 4.90 Å². The van der Waals surface area contributed by atoms with Crippen molar-refractivity contribution < 1.29 is 4.79 Å². The third-order valence-corrected chi connectivity index (χ3v) is 7.15. The second-order valence-electron chi connectivity index (χ2n) is 7.78. The van der Waals surface area contributed by atoms with E-state index in [1.54, 1.807) is 0 Å². The van der Waals surface area contributed by atoms with Crippen LogP contribution in [0.3, 0.4) is 0 Å². The highest BCUT2D eigenvalue weighted by molar-refractivity contribution is 7.99. The third kappa shape index (κ3) is 4.12. The Morgan fingerprint density at radius 1 is 1.21 bits per heavy atom. The molecule has 1 saturated carbocycles. The molecule has 0 saturated heterocycles. The zero-order chi connectivity index (χ0) is 20.3. The van der Waals surface area contributed by atoms with Crippen LogP contribution in [-0.2, 0) is 4.79 Å². The smallest absolute Gasteiger partial charge is 0.262 e. The summed E-state index contributed by atoms with van der Waals surface area (Å²) in [6, 6.07) is 7.66. The number of hydrogen-bond donors (Lipinski definition) is 0. The zero-order valence-electron chi connectivity index (χ0n) is 17.4. The number of benzene rings is 1. The number of fused-ring (bicyclic) bond motifs is 1. The van der Waals surface area contributed by atoms with Gasteiger partial charge in [0, 0.05) is 19.1 Å². The van der Waals surface area contributed by atoms with Crippen LogP contribution in [-0.4, -0.2) is 39.2 Å². The van der Waals surface area contributed by atoms with Gasteiger partial charge in [-0.2, -0.15) is 0 Å². The van der Waals surface area contributed by atoms with Gasteiger partial charge in [0.25, 0.3) is 5.56 Å². The minimum Gasteiger partial charge on any atom is -0.343 e. The van der Waals surface area contributed by atoms with Crippen molar-refractivity contribution in [1.29, 1.82) is 0 Å². The SMILES string of the molecule is CCN(CC)C(=O)CSc1nc2ccccc2c(=O)n1C1CCCC(C)C1C. The molecule has 1 amide bonds. The highest BCUT2D eigenvalue weighted by atomic mass is 32.2. The standard InChI is InChI=1S/C22H31N3O2S/c1-5-24(6-2)20(26)14-28-22-23-18-12-8-7-11-17(18)21(27)25(22)19-13-9-10-15(3)16(19)4/h7-8,11-12,15-16,19H,5-6,9-10,13-14H2,1-4H3. The highest BCUT2D eigenvalue weighted by Crippen LogP contribution is 2.38. The van der Waals surface area contributed by atoms with E-state index < -0.39 is 0 Å². The van der Waals surface area contributed by atoms with Crippen molar-refractivity contribution in [3.63, 3.8) is 0 Å². The van der Waals surface area contributed by atoms with Gasteiger partial charge in [-0.05, 0) is 44.2 Å². The van der Waals surface area contributed by atoms with Crippen molar-refractivity contribution in [1.82, 2.24) is 14.5 Å². The molecule has 3 rings (SSSR count). The van der Waals surface area contributed by atoms with E-state index >= 15 is 0 Å². The van der Waals surface area contributed by atoms with Gasteiger partial charge in [-0.15, -0.1) is 0 Å². The van der Waals surface area contributed by atoms with E-state index in [1.807, 2.05) is 47.6 Å². The van der Waals surface area contributed by atoms with Crippen molar-refractivity contribution in [3.05, 3.63) is 34.6 Å². The lowest BCUT2D eigenvalue weighted by molar-refractivity contribution is -0.127. The van der Waals surface area contributed by atoms with Crippen LogP contribution in [0.15, 0.2) is 34.2 Å². The number of rotatable bonds is 6. The molecule has 0 bridgehead atoms. The molecular formula is C22H31N3O2S. The van der Waals surface area contributed by atoms with E-state index in [-0.39, 0.29) is 17.5 Å². The van der Waals surface area contributed by atoms with Crippen LogP contribution < -0.4 is 5.56 Å². The van der Waals surface area contributed by atoms with Crippen LogP contribution in [0.5, 0.6) is 0 Å². The number of thioether (sulfide) groups is 1. The molecule has 0 spiro atoms. The Morgan fingerprint density at radius 3 is 2.64 bits per heavy atom. The van der Waals surface area contributed by atoms with Crippen LogP contribution in [0.2, 0.25) is 0 Å². The van der Waals surface area contributed by atoms with E-state index in [4.69, 9.17) is 4.98 Å². The molecule has 28 heavy (non-hydrogen) atoms. The molecule has 0 N–H and O–H groups in total. The fourth-order valence-corrected chi connectivity index (χ4v) is 5.19. The molecule has 152 valence electrons. The van der Waals surface area contributed by atoms with E-state index in [0.717, 1.165) is 12.8 Å². The average molecular weight is 402 g/mol. The van der Waals surface area contributed by atoms with E-state index in [1.165, 1.54) is 18.2 Å². The predicted molar refractivity (Wildman–Crippen MR) is 116 cm³/mol. The lowest BCUT2D eigenvalue weighted by Crippen LogP contribution is -2.36. The summed E-state index contributed by atoms with van der Waals surface area (Å²) in [6.07, 6.45) is 3.32. The molecule has 1 fully saturated rings. The minimum atomic E-state index is 0.0225. The number of nitrogens with zero attached hydrogens (tertiary/aromatic N) is 3. The quantitative estimate of drug-likeness (QED) is 0.533. The van der Waals surface area contributed by atoms with Crippen molar-refractivity contribution in [2.45, 2.75) is 58.2 Å². The summed E-state index contributed by atoms with van der Waals surface area (Å²) in [5.41, 5.74) is 0.729. The molecule has 1 aromatic carbocycles. The van der Waals surface area contributed by atoms with Crippen molar-refractivity contribution in [2.24, 2.45) is 11.8 Å². The van der Waals surface area contributed by atoms with Crippen molar-refractivity contribution in [3.8, 4) is 0 Å². The first kappa shape index (κ1) is 20.9. The molecule has 3 unspecified atom stereocenters. The van der Waals surface area contributed by atoms with Gasteiger partial charge in [-0.1, -0.05) is 50.6 Å². The molecule has 1 aliphatic rings. The Bertz CT molecular complexity index is 891. The largest absolute Gasteiger partial charge is 0.343 e. The first-order chi connectivity index (χ1) is 13.5. The molecular weight excluding hydrogens is 370 g/mol. The van der Waals surface area contributed by atoms with E-state index in [2.05, 4.69) is 13.8 Å². The first-order valence-corrected chi connectivity index (χ1v) is 11.4. The number of para-hydroxylation sites is 1. The number of aromatic nitrogens is 2. The van der Waals surface area contributed by atoms with Gasteiger partial charge >= 0.3 is 0 Å². The Labute approximate surface area is 171 Å². The summed E-state index contributed by atoms with van der Waals surface area (Å²) in [4.78, 5) is 32.6. The summed E-state index contributed by atoms with van der Waals surface area (Å²) in [6.45, 7) is 9.89. The second kappa shape index (κ2) is 9.12. The molecule has 6 heteroatoms. The third-order valence-electron chi connectivity index (χ3n) is 6.21. The molecule has 0 radical (unpaired) electrons. The van der Waals surface area contributed by atoms with Crippen LogP contribution in [0.4, 0.5) is 0 Å². The second-order valence-corrected chi connectivity index (χ2v) is 8.72. The van der Waals surface area contributed by atoms with E-state index in [0.29, 0.717) is 46.7 Å². The minimum absolute atomic E-state index is 0.0225. The van der Waals surface area contributed by atoms with Crippen molar-refractivity contribution in [2.75, 3.05) is 18.8 Å². The lowest BCUT2D eigenvalue weighted by Gasteiger charge is -2.36. The van der Waals surface area contributed by atoms with Crippen LogP contribution in [0, 0.1) is 11.8 Å². The average Bonchev–Trinajstić information content (AvgIpc) is 2.70. The molecule has 1 aromatic heterocycles. The maximum atomic E-state index is 13.4. The molecule has 3 atom stereocenters. The molecule has 0 aliphatic heterocycles. The molecule has 1 heterocycles. The maximum Gasteiger partial charge on any atom is 0.262 e. The fraction of sp³-hybridized carbons (Fsp3) is 0.591. The number of amides is 1. The van der Waals surface area contributed by atoms with E-state index in [9.17, 15) is 9.59 Å². The molecule has 1 aliphatic carbocycles. The Morgan fingerprint density at radius 2 is 1.93 bits per heavy atom. The van der Waals surface area contributed by atoms with Gasteiger partial charge in [0.2, 0.25) is 5.91 Å². The topological polar surface area (TPSA) is 55.2 Å². The van der Waals surface area contributed by atoms with Gasteiger partial charge in [0.15, 0.2) is 5.16 Å². The van der Waals surface area contributed by atoms with Crippen LogP contribution >= 0.6 is 11.8 Å². The van der Waals surface area contributed by atoms with Crippen molar-refractivity contribution >= 4 is 28.6 Å². The van der Waals surface area contributed by atoms with Crippen LogP contribution in [0.25, 0.3) is 10.9 Å². The summed E-state index contributed by atoms with van der Waals surface area (Å²) < 4.78 is 1.89. The summed E-state index contributed by atoms with van der Waals surface area (Å²) in [5, 5.41) is 1.34. The first-order valence-electron chi connectivity index (χ1n) is 10.4. The Hall–Kier alpha value is -1.82. The highest BCUT2D eigenvalue weighted by Gasteiger charge is 2.31. The monoisotopic (exact) mass is 401 g/mol. The maximum absolute atomic E-state index is 13.4. The van der Waals surface area contributed by atoms with Gasteiger partial charge in [-0.25, -0.2) is 4.98 Å². The van der Waals surface area contributed by atoms with Gasteiger partial charge in [0.1, 0.15) is 0 Å². The summed E-state index contributed by atoms with van der Waals surface area (Å²) >= 11 is 1.40. The lowest BCUT2D eigenvalue weighted by atomic mass is 9.78. The molecule has 2 aromatic rings. The number of carbonyl (C=O) groups is 1. The predicted octanol–water partition coefficient (Wildman–Crippen LogP) is 4.35. The fourth-order valence-electron chi connectivity index (χ4n) is 4.23. The summed E-state index contributed by atoms with van der Waals surface area (Å²) in [7, 11) is 0. The number of carbonyl (C=O) groups excluding carboxylic acids is 1. The molecule has 5 nitrogen and oxygen atoms in total. The normalized spacial score (nSPS) is 22.4.